The molecule has 0 saturated heterocycles. The minimum atomic E-state index is -0.652. The van der Waals surface area contributed by atoms with E-state index in [0.29, 0.717) is 10.0 Å². The van der Waals surface area contributed by atoms with Crippen molar-refractivity contribution >= 4 is 45.7 Å². The highest BCUT2D eigenvalue weighted by Gasteiger charge is 2.22. The van der Waals surface area contributed by atoms with Crippen molar-refractivity contribution in [3.05, 3.63) is 50.9 Å². The fourth-order valence-corrected chi connectivity index (χ4v) is 3.91. The number of amides is 2. The van der Waals surface area contributed by atoms with Gasteiger partial charge in [0.2, 0.25) is 5.91 Å². The number of esters is 1. The molecule has 8 heteroatoms. The van der Waals surface area contributed by atoms with E-state index in [2.05, 4.69) is 10.6 Å². The van der Waals surface area contributed by atoms with E-state index in [-0.39, 0.29) is 17.5 Å². The Labute approximate surface area is 166 Å². The monoisotopic (exact) mass is 408 g/mol. The van der Waals surface area contributed by atoms with Crippen LogP contribution in [-0.2, 0) is 14.3 Å². The molecule has 1 aromatic heterocycles. The Morgan fingerprint density at radius 1 is 1.22 bits per heavy atom. The van der Waals surface area contributed by atoms with Crippen LogP contribution >= 0.6 is 22.9 Å². The third kappa shape index (κ3) is 5.30. The SMILES string of the molecule is CC(=O)Nc1sc(C)c(C)c1C(=O)OCC(=O)N[C@H](C)c1ccccc1Cl. The van der Waals surface area contributed by atoms with Crippen LogP contribution in [0.4, 0.5) is 5.00 Å². The van der Waals surface area contributed by atoms with Gasteiger partial charge in [0.05, 0.1) is 11.6 Å². The number of nitrogens with one attached hydrogen (secondary N) is 2. The number of ether oxygens (including phenoxy) is 1. The average Bonchev–Trinajstić information content (AvgIpc) is 2.86. The maximum Gasteiger partial charge on any atom is 0.341 e. The van der Waals surface area contributed by atoms with Crippen molar-refractivity contribution in [1.29, 1.82) is 0 Å². The quantitative estimate of drug-likeness (QED) is 0.707. The molecule has 144 valence electrons. The number of carbonyl (C=O) groups excluding carboxylic acids is 3. The summed E-state index contributed by atoms with van der Waals surface area (Å²) in [6, 6.07) is 6.86. The number of carbonyl (C=O) groups is 3. The number of anilines is 1. The normalized spacial score (nSPS) is 11.6. The van der Waals surface area contributed by atoms with Gasteiger partial charge in [0.1, 0.15) is 5.00 Å². The van der Waals surface area contributed by atoms with Crippen molar-refractivity contribution in [2.24, 2.45) is 0 Å². The summed E-state index contributed by atoms with van der Waals surface area (Å²) in [6.07, 6.45) is 0. The Morgan fingerprint density at radius 3 is 2.52 bits per heavy atom. The molecule has 0 aliphatic carbocycles. The summed E-state index contributed by atoms with van der Waals surface area (Å²) in [7, 11) is 0. The van der Waals surface area contributed by atoms with E-state index in [1.165, 1.54) is 18.3 Å². The van der Waals surface area contributed by atoms with Gasteiger partial charge in [0, 0.05) is 16.8 Å². The fraction of sp³-hybridized carbons (Fsp3) is 0.316. The van der Waals surface area contributed by atoms with Crippen molar-refractivity contribution in [2.45, 2.75) is 33.7 Å². The lowest BCUT2D eigenvalue weighted by molar-refractivity contribution is -0.124. The molecule has 1 heterocycles. The van der Waals surface area contributed by atoms with Gasteiger partial charge in [-0.2, -0.15) is 0 Å². The minimum absolute atomic E-state index is 0.277. The van der Waals surface area contributed by atoms with Crippen LogP contribution in [0.25, 0.3) is 0 Å². The first-order valence-electron chi connectivity index (χ1n) is 8.29. The van der Waals surface area contributed by atoms with Gasteiger partial charge in [0.15, 0.2) is 6.61 Å². The van der Waals surface area contributed by atoms with Crippen molar-refractivity contribution in [1.82, 2.24) is 5.32 Å². The van der Waals surface area contributed by atoms with Crippen LogP contribution in [0.1, 0.15) is 46.3 Å². The molecule has 1 aromatic carbocycles. The second-order valence-corrected chi connectivity index (χ2v) is 7.69. The van der Waals surface area contributed by atoms with Crippen LogP contribution < -0.4 is 10.6 Å². The van der Waals surface area contributed by atoms with Gasteiger partial charge < -0.3 is 15.4 Å². The summed E-state index contributed by atoms with van der Waals surface area (Å²) >= 11 is 7.41. The number of aryl methyl sites for hydroxylation is 1. The second kappa shape index (κ2) is 9.01. The summed E-state index contributed by atoms with van der Waals surface area (Å²) < 4.78 is 5.14. The van der Waals surface area contributed by atoms with Gasteiger partial charge >= 0.3 is 5.97 Å². The van der Waals surface area contributed by atoms with E-state index >= 15 is 0 Å². The lowest BCUT2D eigenvalue weighted by Crippen LogP contribution is -2.31. The molecule has 2 N–H and O–H groups in total. The van der Waals surface area contributed by atoms with Crippen LogP contribution in [0.2, 0.25) is 5.02 Å². The zero-order valence-corrected chi connectivity index (χ0v) is 17.1. The van der Waals surface area contributed by atoms with E-state index in [1.54, 1.807) is 26.0 Å². The van der Waals surface area contributed by atoms with Crippen LogP contribution in [0.15, 0.2) is 24.3 Å². The smallest absolute Gasteiger partial charge is 0.341 e. The zero-order chi connectivity index (χ0) is 20.1. The maximum atomic E-state index is 12.4. The number of halogens is 1. The van der Waals surface area contributed by atoms with E-state index in [0.717, 1.165) is 16.0 Å². The lowest BCUT2D eigenvalue weighted by Gasteiger charge is -2.15. The highest BCUT2D eigenvalue weighted by Crippen LogP contribution is 2.33. The third-order valence-electron chi connectivity index (χ3n) is 3.96. The van der Waals surface area contributed by atoms with Gasteiger partial charge in [-0.15, -0.1) is 11.3 Å². The molecule has 2 aromatic rings. The van der Waals surface area contributed by atoms with Crippen LogP contribution in [0, 0.1) is 13.8 Å². The highest BCUT2D eigenvalue weighted by atomic mass is 35.5. The molecule has 0 saturated carbocycles. The molecular weight excluding hydrogens is 388 g/mol. The number of benzene rings is 1. The number of rotatable bonds is 6. The van der Waals surface area contributed by atoms with Gasteiger partial charge in [0.25, 0.3) is 5.91 Å². The van der Waals surface area contributed by atoms with Crippen LogP contribution in [-0.4, -0.2) is 24.4 Å². The van der Waals surface area contributed by atoms with E-state index < -0.39 is 18.5 Å². The van der Waals surface area contributed by atoms with Gasteiger partial charge in [-0.3, -0.25) is 9.59 Å². The molecule has 0 spiro atoms. The van der Waals surface area contributed by atoms with Gasteiger partial charge in [-0.25, -0.2) is 4.79 Å². The minimum Gasteiger partial charge on any atom is -0.452 e. The standard InChI is InChI=1S/C19H21ClN2O4S/c1-10-12(3)27-18(22-13(4)23)17(10)19(25)26-9-16(24)21-11(2)14-7-5-6-8-15(14)20/h5-8,11H,9H2,1-4H3,(H,21,24)(H,22,23)/t11-/m1/s1. The third-order valence-corrected chi connectivity index (χ3v) is 5.43. The van der Waals surface area contributed by atoms with Crippen molar-refractivity contribution in [3.63, 3.8) is 0 Å². The lowest BCUT2D eigenvalue weighted by atomic mass is 10.1. The molecule has 0 aliphatic heterocycles. The van der Waals surface area contributed by atoms with E-state index in [1.807, 2.05) is 19.1 Å². The summed E-state index contributed by atoms with van der Waals surface area (Å²) in [5.74, 6) is -1.38. The predicted octanol–water partition coefficient (Wildman–Crippen LogP) is 4.01. The Kier molecular flexibility index (Phi) is 6.98. The Bertz CT molecular complexity index is 879. The van der Waals surface area contributed by atoms with Gasteiger partial charge in [-0.05, 0) is 38.0 Å². The summed E-state index contributed by atoms with van der Waals surface area (Å²) in [5, 5.41) is 6.34. The molecule has 1 atom stereocenters. The number of thiophene rings is 1. The van der Waals surface area contributed by atoms with Crippen molar-refractivity contribution in [3.8, 4) is 0 Å². The van der Waals surface area contributed by atoms with Crippen LogP contribution in [0.3, 0.4) is 0 Å². The summed E-state index contributed by atoms with van der Waals surface area (Å²) in [6.45, 7) is 6.35. The second-order valence-electron chi connectivity index (χ2n) is 6.06. The summed E-state index contributed by atoms with van der Waals surface area (Å²) in [5.41, 5.74) is 1.77. The Hall–Kier alpha value is -2.38. The predicted molar refractivity (Wildman–Crippen MR) is 106 cm³/mol. The van der Waals surface area contributed by atoms with Crippen molar-refractivity contribution < 1.29 is 19.1 Å². The molecule has 0 radical (unpaired) electrons. The average molecular weight is 409 g/mol. The Balaban J connectivity index is 2.00. The van der Waals surface area contributed by atoms with E-state index in [9.17, 15) is 14.4 Å². The first-order chi connectivity index (χ1) is 12.7. The number of hydrogen-bond donors (Lipinski definition) is 2. The molecule has 0 bridgehead atoms. The zero-order valence-electron chi connectivity index (χ0n) is 15.5. The van der Waals surface area contributed by atoms with Gasteiger partial charge in [-0.1, -0.05) is 29.8 Å². The largest absolute Gasteiger partial charge is 0.452 e. The summed E-state index contributed by atoms with van der Waals surface area (Å²) in [4.78, 5) is 36.8. The molecule has 2 amide bonds. The molecule has 0 unspecified atom stereocenters. The molecular formula is C19H21ClN2O4S. The van der Waals surface area contributed by atoms with E-state index in [4.69, 9.17) is 16.3 Å². The number of hydrogen-bond acceptors (Lipinski definition) is 5. The molecule has 0 aliphatic rings. The Morgan fingerprint density at radius 2 is 1.89 bits per heavy atom. The molecule has 2 rings (SSSR count). The molecule has 27 heavy (non-hydrogen) atoms. The molecule has 6 nitrogen and oxygen atoms in total. The first kappa shape index (κ1) is 20.9. The fourth-order valence-electron chi connectivity index (χ4n) is 2.51. The van der Waals surface area contributed by atoms with Crippen molar-refractivity contribution in [2.75, 3.05) is 11.9 Å². The molecule has 0 fully saturated rings. The van der Waals surface area contributed by atoms with Crippen LogP contribution in [0.5, 0.6) is 0 Å². The maximum absolute atomic E-state index is 12.4. The topological polar surface area (TPSA) is 84.5 Å². The first-order valence-corrected chi connectivity index (χ1v) is 9.48. The highest BCUT2D eigenvalue weighted by molar-refractivity contribution is 7.16.